The molecule has 1 heterocycles. The SMILES string of the molecule is CC[C@H](C)[C@H](NC(=O)[C@H](CCC(=O)O)NC(=O)[C@H](CS)NC(=O)[C@@H](NC(=O)[C@H](CC(N)=O)NC(=O)[C@@H]1CCCN1)[C@@H](C)O)C(=O)N[C@@H](CS)C(=O)N[C@@H](C)C(=O)N[C@@H](Cc1ccc(O)cc1)C(=O)N[C@@H](C)C(=O)N[C@@H](C)C(=O)N[C@@H](CS)C(=O)N[C@H](C(=O)NCC(=O)N[C@@H](CS)C(=O)O)[C@@H](C)O.N[C@@H](CC(=O)O)C(=O)O. The summed E-state index contributed by atoms with van der Waals surface area (Å²) in [5.41, 5.74) is 10.5. The molecular weight excluding hydrogens is 1550 g/mol. The van der Waals surface area contributed by atoms with Crippen LogP contribution < -0.4 is 91.2 Å². The largest absolute Gasteiger partial charge is 0.508 e. The van der Waals surface area contributed by atoms with E-state index in [2.05, 4.69) is 130 Å². The number of nitrogens with two attached hydrogens (primary N) is 2. The number of thiol groups is 4. The van der Waals surface area contributed by atoms with Crippen LogP contribution in [-0.4, -0.2) is 287 Å². The number of hydrogen-bond acceptors (Lipinski definition) is 28. The number of phenols is 1. The number of carboxylic acid groups (broad SMARTS) is 4. The summed E-state index contributed by atoms with van der Waals surface area (Å²) in [6, 6.07) is -16.9. The van der Waals surface area contributed by atoms with Gasteiger partial charge in [-0.15, -0.1) is 0 Å². The first kappa shape index (κ1) is 99.2. The van der Waals surface area contributed by atoms with E-state index in [0.29, 0.717) is 24.9 Å². The number of aliphatic hydroxyl groups is 2. The summed E-state index contributed by atoms with van der Waals surface area (Å²) in [4.78, 5) is 243. The molecule has 622 valence electrons. The molecule has 0 aromatic heterocycles. The van der Waals surface area contributed by atoms with E-state index in [1.807, 2.05) is 0 Å². The summed E-state index contributed by atoms with van der Waals surface area (Å²) in [7, 11) is 0. The van der Waals surface area contributed by atoms with E-state index in [1.54, 1.807) is 6.92 Å². The van der Waals surface area contributed by atoms with Crippen molar-refractivity contribution in [1.82, 2.24) is 79.8 Å². The molecule has 43 nitrogen and oxygen atoms in total. The molecule has 1 aromatic rings. The maximum atomic E-state index is 14.1. The Morgan fingerprint density at radius 1 is 0.468 bits per heavy atom. The number of carbonyl (C=O) groups is 19. The van der Waals surface area contributed by atoms with Gasteiger partial charge in [0.25, 0.3) is 0 Å². The Bertz CT molecular complexity index is 3450. The van der Waals surface area contributed by atoms with E-state index in [1.165, 1.54) is 52.0 Å². The van der Waals surface area contributed by atoms with Crippen LogP contribution in [0.5, 0.6) is 5.75 Å². The molecule has 1 aromatic carbocycles. The predicted octanol–water partition coefficient (Wildman–Crippen LogP) is -9.61. The zero-order valence-corrected chi connectivity index (χ0v) is 65.0. The van der Waals surface area contributed by atoms with Gasteiger partial charge in [0.1, 0.15) is 90.3 Å². The highest BCUT2D eigenvalue weighted by atomic mass is 32.1. The third-order valence-corrected chi connectivity index (χ3v) is 17.7. The van der Waals surface area contributed by atoms with Gasteiger partial charge in [0, 0.05) is 35.9 Å². The van der Waals surface area contributed by atoms with Gasteiger partial charge in [0.15, 0.2) is 0 Å². The second-order valence-electron chi connectivity index (χ2n) is 25.5. The lowest BCUT2D eigenvalue weighted by molar-refractivity contribution is -0.144. The minimum Gasteiger partial charge on any atom is -0.508 e. The molecule has 0 spiro atoms. The fourth-order valence-electron chi connectivity index (χ4n) is 9.60. The molecule has 18 atom stereocenters. The first-order valence-corrected chi connectivity index (χ1v) is 36.9. The Morgan fingerprint density at radius 2 is 0.874 bits per heavy atom. The molecule has 47 heteroatoms. The third kappa shape index (κ3) is 36.3. The molecule has 1 aliphatic rings. The lowest BCUT2D eigenvalue weighted by Gasteiger charge is -2.29. The summed E-state index contributed by atoms with van der Waals surface area (Å²) in [6.07, 6.45) is -4.77. The van der Waals surface area contributed by atoms with Crippen LogP contribution in [0.2, 0.25) is 0 Å². The lowest BCUT2D eigenvalue weighted by Crippen LogP contribution is -2.62. The van der Waals surface area contributed by atoms with Crippen LogP contribution in [0.15, 0.2) is 24.3 Å². The Kier molecular flexibility index (Phi) is 44.8. The number of benzene rings is 1. The van der Waals surface area contributed by atoms with Crippen LogP contribution in [-0.2, 0) is 97.5 Å². The van der Waals surface area contributed by atoms with Crippen LogP contribution in [0.1, 0.15) is 99.0 Å². The van der Waals surface area contributed by atoms with Gasteiger partial charge in [0.05, 0.1) is 37.6 Å². The van der Waals surface area contributed by atoms with E-state index < -0.39 is 265 Å². The number of aliphatic hydroxyl groups excluding tert-OH is 2. The average Bonchev–Trinajstić information content (AvgIpc) is 1.09. The van der Waals surface area contributed by atoms with Gasteiger partial charge < -0.3 is 127 Å². The fraction of sp³-hybridized carbons (Fsp3) is 0.609. The number of carbonyl (C=O) groups excluding carboxylic acids is 15. The first-order chi connectivity index (χ1) is 51.9. The molecule has 1 aliphatic heterocycles. The second kappa shape index (κ2) is 50.2. The Labute approximate surface area is 658 Å². The zero-order valence-electron chi connectivity index (χ0n) is 61.4. The number of nitrogens with one attached hydrogen (secondary N) is 15. The van der Waals surface area contributed by atoms with Crippen molar-refractivity contribution < 1.29 is 127 Å². The molecule has 0 saturated carbocycles. The number of phenolic OH excluding ortho intramolecular Hbond substituents is 1. The van der Waals surface area contributed by atoms with E-state index in [4.69, 9.17) is 26.8 Å². The molecule has 0 radical (unpaired) electrons. The van der Waals surface area contributed by atoms with E-state index >= 15 is 0 Å². The van der Waals surface area contributed by atoms with Gasteiger partial charge in [-0.2, -0.15) is 50.5 Å². The number of aromatic hydroxyl groups is 1. The van der Waals surface area contributed by atoms with E-state index in [9.17, 15) is 112 Å². The summed E-state index contributed by atoms with van der Waals surface area (Å²) < 4.78 is 0. The molecule has 15 amide bonds. The standard InChI is InChI=1S/C60H94N16O22S4.C4H7NO4/c1-8-25(2)44(74-51(88)34(15-16-43(82)83)68-55(92)38(22-100)73-59(96)46(30(7)78)76-53(90)36(19-41(61)80)70-50(87)33-10-9-17-62-33)58(95)72-37(21-99)54(91)66-28(5)48(85)69-35(18-31-11-13-32(79)14-12-31)52(89)65-26(3)47(84)64-27(4)49(86)71-39(23-101)56(93)75-45(29(6)77)57(94)63-20-42(81)67-40(24-102)60(97)98;5-2(4(8)9)1-3(6)7/h11-14,25-30,33-40,44-46,62,77-79,99-102H,8-10,15-24H2,1-7H3,(H2,61,80)(H,63,94)(H,64,84)(H,65,89)(H,66,91)(H,67,81)(H,68,92)(H,69,85)(H,70,87)(H,71,86)(H,72,95)(H,73,96)(H,74,88)(H,75,93)(H,76,90)(H,82,83)(H,97,98);2H,1,5H2,(H,6,7)(H,8,9)/t25-,26-,27-,28-,29+,30+,33-,34-,35-,36-,37-,38-,39-,40-,44-,45-,46-;2-/m00/s1. The maximum Gasteiger partial charge on any atom is 0.327 e. The molecule has 2 rings (SSSR count). The van der Waals surface area contributed by atoms with Crippen LogP contribution >= 0.6 is 50.5 Å². The van der Waals surface area contributed by atoms with Crippen molar-refractivity contribution in [3.05, 3.63) is 29.8 Å². The summed E-state index contributed by atoms with van der Waals surface area (Å²) >= 11 is 16.3. The van der Waals surface area contributed by atoms with Gasteiger partial charge in [0.2, 0.25) is 88.6 Å². The Balaban J connectivity index is 0.00000640. The molecular formula is C64H101N17O26S4. The molecule has 111 heavy (non-hydrogen) atoms. The summed E-state index contributed by atoms with van der Waals surface area (Å²) in [5, 5.41) is 101. The van der Waals surface area contributed by atoms with Crippen LogP contribution in [0.25, 0.3) is 0 Å². The van der Waals surface area contributed by atoms with Crippen molar-refractivity contribution in [3.63, 3.8) is 0 Å². The van der Waals surface area contributed by atoms with Crippen LogP contribution in [0.3, 0.4) is 0 Å². The van der Waals surface area contributed by atoms with Gasteiger partial charge in [-0.05, 0) is 84.0 Å². The van der Waals surface area contributed by atoms with Crippen molar-refractivity contribution in [2.75, 3.05) is 36.1 Å². The maximum absolute atomic E-state index is 14.1. The zero-order chi connectivity index (χ0) is 84.9. The highest BCUT2D eigenvalue weighted by molar-refractivity contribution is 7.80. The molecule has 26 N–H and O–H groups in total. The number of hydrogen-bond donors (Lipinski definition) is 28. The lowest BCUT2D eigenvalue weighted by atomic mass is 9.97. The number of carboxylic acids is 4. The third-order valence-electron chi connectivity index (χ3n) is 16.3. The quantitative estimate of drug-likeness (QED) is 0.0270. The van der Waals surface area contributed by atoms with Crippen molar-refractivity contribution >= 4 is 163 Å². The number of amides is 15. The molecule has 0 unspecified atom stereocenters. The predicted molar refractivity (Wildman–Crippen MR) is 402 cm³/mol. The van der Waals surface area contributed by atoms with E-state index in [0.717, 1.165) is 13.8 Å². The van der Waals surface area contributed by atoms with Crippen LogP contribution in [0, 0.1) is 5.92 Å². The monoisotopic (exact) mass is 1650 g/mol. The summed E-state index contributed by atoms with van der Waals surface area (Å²) in [6.45, 7) is 8.83. The minimum atomic E-state index is -1.83. The van der Waals surface area contributed by atoms with Gasteiger partial charge in [-0.1, -0.05) is 32.4 Å². The minimum absolute atomic E-state index is 0.150. The van der Waals surface area contributed by atoms with Crippen LogP contribution in [0.4, 0.5) is 0 Å². The van der Waals surface area contributed by atoms with Crippen molar-refractivity contribution in [1.29, 1.82) is 0 Å². The van der Waals surface area contributed by atoms with Crippen molar-refractivity contribution in [2.24, 2.45) is 17.4 Å². The Hall–Kier alpha value is -9.81. The number of aliphatic carboxylic acids is 4. The number of rotatable bonds is 47. The fourth-order valence-corrected chi connectivity index (χ4v) is 10.6. The molecule has 0 bridgehead atoms. The Morgan fingerprint density at radius 3 is 1.30 bits per heavy atom. The number of primary amides is 1. The summed E-state index contributed by atoms with van der Waals surface area (Å²) in [5.74, 6) is -22.8. The topological polar surface area (TPSA) is 698 Å². The first-order valence-electron chi connectivity index (χ1n) is 34.3. The smallest absolute Gasteiger partial charge is 0.327 e. The second-order valence-corrected chi connectivity index (χ2v) is 26.9. The molecule has 1 fully saturated rings. The normalized spacial score (nSPS) is 16.8. The molecule has 0 aliphatic carbocycles. The average molecular weight is 1650 g/mol. The molecule has 1 saturated heterocycles. The van der Waals surface area contributed by atoms with Crippen molar-refractivity contribution in [3.8, 4) is 5.75 Å². The van der Waals surface area contributed by atoms with E-state index in [-0.39, 0.29) is 30.1 Å². The highest BCUT2D eigenvalue weighted by Crippen LogP contribution is 2.15. The highest BCUT2D eigenvalue weighted by Gasteiger charge is 2.39. The van der Waals surface area contributed by atoms with Gasteiger partial charge >= 0.3 is 23.9 Å². The van der Waals surface area contributed by atoms with Gasteiger partial charge in [-0.25, -0.2) is 4.79 Å². The van der Waals surface area contributed by atoms with Crippen molar-refractivity contribution in [2.45, 2.75) is 203 Å². The van der Waals surface area contributed by atoms with Gasteiger partial charge in [-0.3, -0.25) is 86.3 Å².